The number of carbonyl (C=O) groups excluding carboxylic acids is 1. The normalized spacial score (nSPS) is 16.6. The molecule has 0 saturated carbocycles. The zero-order chi connectivity index (χ0) is 16.8. The molecule has 0 radical (unpaired) electrons. The van der Waals surface area contributed by atoms with Crippen molar-refractivity contribution in [3.8, 4) is 0 Å². The van der Waals surface area contributed by atoms with Crippen molar-refractivity contribution in [2.24, 2.45) is 5.92 Å². The smallest absolute Gasteiger partial charge is 0.258 e. The van der Waals surface area contributed by atoms with E-state index in [-0.39, 0.29) is 23.9 Å². The lowest BCUT2D eigenvalue weighted by molar-refractivity contribution is -0.121. The van der Waals surface area contributed by atoms with E-state index in [1.165, 1.54) is 6.42 Å². The van der Waals surface area contributed by atoms with E-state index >= 15 is 0 Å². The number of nitrogens with zero attached hydrogens (tertiary/aromatic N) is 1. The van der Waals surface area contributed by atoms with Crippen LogP contribution in [0.25, 0.3) is 10.9 Å². The number of amides is 1. The zero-order valence-corrected chi connectivity index (χ0v) is 15.0. The molecule has 1 unspecified atom stereocenters. The predicted molar refractivity (Wildman–Crippen MR) is 101 cm³/mol. The minimum Gasteiger partial charge on any atom is -0.356 e. The summed E-state index contributed by atoms with van der Waals surface area (Å²) >= 11 is 0. The van der Waals surface area contributed by atoms with Gasteiger partial charge in [0, 0.05) is 19.4 Å². The molecule has 6 nitrogen and oxygen atoms in total. The second-order valence-electron chi connectivity index (χ2n) is 6.38. The zero-order valence-electron chi connectivity index (χ0n) is 14.2. The lowest BCUT2D eigenvalue weighted by Crippen LogP contribution is -2.26. The van der Waals surface area contributed by atoms with E-state index in [0.29, 0.717) is 41.9 Å². The molecule has 1 saturated heterocycles. The SMILES string of the molecule is Cl.O=C(CCCc1nc2ccccc2c(=O)[nH]1)NCCC1CCNC1. The van der Waals surface area contributed by atoms with Crippen LogP contribution in [0.2, 0.25) is 0 Å². The summed E-state index contributed by atoms with van der Waals surface area (Å²) in [5.41, 5.74) is 0.580. The largest absolute Gasteiger partial charge is 0.356 e. The summed E-state index contributed by atoms with van der Waals surface area (Å²) < 4.78 is 0. The van der Waals surface area contributed by atoms with Gasteiger partial charge in [-0.2, -0.15) is 0 Å². The van der Waals surface area contributed by atoms with Gasteiger partial charge in [-0.1, -0.05) is 12.1 Å². The number of hydrogen-bond donors (Lipinski definition) is 3. The highest BCUT2D eigenvalue weighted by molar-refractivity contribution is 5.85. The van der Waals surface area contributed by atoms with Gasteiger partial charge in [-0.05, 0) is 50.4 Å². The van der Waals surface area contributed by atoms with Gasteiger partial charge in [0.25, 0.3) is 5.56 Å². The molecule has 25 heavy (non-hydrogen) atoms. The van der Waals surface area contributed by atoms with Crippen LogP contribution in [0.1, 0.15) is 31.5 Å². The van der Waals surface area contributed by atoms with Crippen LogP contribution in [0.4, 0.5) is 0 Å². The van der Waals surface area contributed by atoms with Gasteiger partial charge in [-0.3, -0.25) is 9.59 Å². The second kappa shape index (κ2) is 9.53. The number of nitrogens with one attached hydrogen (secondary N) is 3. The van der Waals surface area contributed by atoms with Crippen molar-refractivity contribution < 1.29 is 4.79 Å². The van der Waals surface area contributed by atoms with Gasteiger partial charge >= 0.3 is 0 Å². The van der Waals surface area contributed by atoms with E-state index in [2.05, 4.69) is 20.6 Å². The highest BCUT2D eigenvalue weighted by atomic mass is 35.5. The van der Waals surface area contributed by atoms with Gasteiger partial charge in [0.05, 0.1) is 10.9 Å². The Bertz CT molecular complexity index is 756. The number of para-hydroxylation sites is 1. The number of aromatic amines is 1. The molecular formula is C18H25ClN4O2. The average molecular weight is 365 g/mol. The van der Waals surface area contributed by atoms with E-state index in [4.69, 9.17) is 0 Å². The molecule has 2 aromatic rings. The number of benzene rings is 1. The van der Waals surface area contributed by atoms with Gasteiger partial charge in [0.15, 0.2) is 0 Å². The molecule has 0 bridgehead atoms. The molecule has 1 atom stereocenters. The van der Waals surface area contributed by atoms with Crippen molar-refractivity contribution in [1.82, 2.24) is 20.6 Å². The van der Waals surface area contributed by atoms with Crippen LogP contribution < -0.4 is 16.2 Å². The number of aryl methyl sites for hydroxylation is 1. The maximum atomic E-state index is 12.0. The van der Waals surface area contributed by atoms with E-state index in [1.807, 2.05) is 18.2 Å². The predicted octanol–water partition coefficient (Wildman–Crippen LogP) is 1.78. The van der Waals surface area contributed by atoms with E-state index < -0.39 is 0 Å². The molecule has 1 aliphatic heterocycles. The summed E-state index contributed by atoms with van der Waals surface area (Å²) in [5.74, 6) is 1.41. The van der Waals surface area contributed by atoms with Crippen molar-refractivity contribution in [1.29, 1.82) is 0 Å². The minimum atomic E-state index is -0.120. The van der Waals surface area contributed by atoms with Crippen LogP contribution in [0.3, 0.4) is 0 Å². The summed E-state index contributed by atoms with van der Waals surface area (Å²) in [7, 11) is 0. The lowest BCUT2D eigenvalue weighted by Gasteiger charge is -2.09. The summed E-state index contributed by atoms with van der Waals surface area (Å²) in [6, 6.07) is 7.29. The number of aromatic nitrogens is 2. The minimum absolute atomic E-state index is 0. The van der Waals surface area contributed by atoms with Crippen LogP contribution in [-0.2, 0) is 11.2 Å². The molecule has 3 N–H and O–H groups in total. The number of rotatable bonds is 7. The highest BCUT2D eigenvalue weighted by Crippen LogP contribution is 2.11. The van der Waals surface area contributed by atoms with Crippen LogP contribution in [0.5, 0.6) is 0 Å². The first-order chi connectivity index (χ1) is 11.7. The number of hydrogen-bond acceptors (Lipinski definition) is 4. The van der Waals surface area contributed by atoms with Crippen LogP contribution >= 0.6 is 12.4 Å². The maximum Gasteiger partial charge on any atom is 0.258 e. The fourth-order valence-corrected chi connectivity index (χ4v) is 3.13. The molecule has 3 rings (SSSR count). The highest BCUT2D eigenvalue weighted by Gasteiger charge is 2.14. The number of H-pyrrole nitrogens is 1. The molecule has 0 spiro atoms. The topological polar surface area (TPSA) is 86.9 Å². The Morgan fingerprint density at radius 3 is 2.96 bits per heavy atom. The van der Waals surface area contributed by atoms with Gasteiger partial charge < -0.3 is 15.6 Å². The monoisotopic (exact) mass is 364 g/mol. The molecule has 2 heterocycles. The standard InChI is InChI=1S/C18H24N4O2.ClH/c23-17(20-11-9-13-8-10-19-12-13)7-3-6-16-21-15-5-2-1-4-14(15)18(24)22-16;/h1-2,4-5,13,19H,3,6-12H2,(H,20,23)(H,21,22,24);1H. The maximum absolute atomic E-state index is 12.0. The fraction of sp³-hybridized carbons (Fsp3) is 0.500. The fourth-order valence-electron chi connectivity index (χ4n) is 3.13. The molecule has 1 amide bonds. The van der Waals surface area contributed by atoms with Crippen molar-refractivity contribution in [3.63, 3.8) is 0 Å². The van der Waals surface area contributed by atoms with Gasteiger partial charge in [0.2, 0.25) is 5.91 Å². The Balaban J connectivity index is 0.00000225. The van der Waals surface area contributed by atoms with E-state index in [0.717, 1.165) is 26.1 Å². The number of carbonyl (C=O) groups is 1. The molecule has 1 aromatic carbocycles. The first-order valence-corrected chi connectivity index (χ1v) is 8.68. The molecule has 1 aromatic heterocycles. The van der Waals surface area contributed by atoms with Crippen molar-refractivity contribution in [2.45, 2.75) is 32.1 Å². The van der Waals surface area contributed by atoms with Crippen LogP contribution in [-0.4, -0.2) is 35.5 Å². The van der Waals surface area contributed by atoms with E-state index in [9.17, 15) is 9.59 Å². The number of fused-ring (bicyclic) bond motifs is 1. The molecule has 136 valence electrons. The Kier molecular flexibility index (Phi) is 7.40. The van der Waals surface area contributed by atoms with Crippen molar-refractivity contribution in [3.05, 3.63) is 40.4 Å². The quantitative estimate of drug-likeness (QED) is 0.699. The molecular weight excluding hydrogens is 340 g/mol. The Morgan fingerprint density at radius 2 is 2.16 bits per heavy atom. The summed E-state index contributed by atoms with van der Waals surface area (Å²) in [4.78, 5) is 31.1. The van der Waals surface area contributed by atoms with Crippen LogP contribution in [0.15, 0.2) is 29.1 Å². The third kappa shape index (κ3) is 5.54. The van der Waals surface area contributed by atoms with Crippen LogP contribution in [0, 0.1) is 5.92 Å². The molecule has 0 aliphatic carbocycles. The average Bonchev–Trinajstić information content (AvgIpc) is 3.08. The Labute approximate surface area is 153 Å². The summed E-state index contributed by atoms with van der Waals surface area (Å²) in [5, 5.41) is 6.91. The number of halogens is 1. The Morgan fingerprint density at radius 1 is 1.32 bits per heavy atom. The molecule has 1 fully saturated rings. The van der Waals surface area contributed by atoms with Gasteiger partial charge in [0.1, 0.15) is 5.82 Å². The molecule has 7 heteroatoms. The Hall–Kier alpha value is -1.92. The van der Waals surface area contributed by atoms with E-state index in [1.54, 1.807) is 6.07 Å². The summed E-state index contributed by atoms with van der Waals surface area (Å²) in [6.07, 6.45) is 3.98. The summed E-state index contributed by atoms with van der Waals surface area (Å²) in [6.45, 7) is 2.91. The van der Waals surface area contributed by atoms with Gasteiger partial charge in [-0.25, -0.2) is 4.98 Å². The first kappa shape index (κ1) is 19.4. The first-order valence-electron chi connectivity index (χ1n) is 8.68. The van der Waals surface area contributed by atoms with Gasteiger partial charge in [-0.15, -0.1) is 12.4 Å². The third-order valence-electron chi connectivity index (χ3n) is 4.52. The molecule has 1 aliphatic rings. The third-order valence-corrected chi connectivity index (χ3v) is 4.52. The lowest BCUT2D eigenvalue weighted by atomic mass is 10.1. The van der Waals surface area contributed by atoms with Crippen molar-refractivity contribution in [2.75, 3.05) is 19.6 Å². The van der Waals surface area contributed by atoms with Crippen molar-refractivity contribution >= 4 is 29.2 Å². The second-order valence-corrected chi connectivity index (χ2v) is 6.38.